The Labute approximate surface area is 143 Å². The van der Waals surface area contributed by atoms with Crippen molar-refractivity contribution in [2.75, 3.05) is 31.1 Å². The van der Waals surface area contributed by atoms with Crippen molar-refractivity contribution in [2.24, 2.45) is 0 Å². The number of nitrogens with zero attached hydrogens (tertiary/aromatic N) is 3. The summed E-state index contributed by atoms with van der Waals surface area (Å²) in [7, 11) is 0. The molecule has 0 unspecified atom stereocenters. The number of anilines is 1. The molecule has 1 aliphatic heterocycles. The molecule has 1 aromatic heterocycles. The van der Waals surface area contributed by atoms with Gasteiger partial charge in [-0.3, -0.25) is 19.7 Å². The minimum Gasteiger partial charge on any atom is -0.362 e. The molecule has 25 heavy (non-hydrogen) atoms. The standard InChI is InChI=1S/C17H18N4O4/c1-12-6-7-13(16(22)18-12)17(23)20-10-8-19(9-11-20)14-4-2-3-5-15(14)21(24)25/h2-7H,8-11H2,1H3,(H,18,22). The molecule has 1 amide bonds. The Morgan fingerprint density at radius 2 is 1.80 bits per heavy atom. The predicted molar refractivity (Wildman–Crippen MR) is 93.0 cm³/mol. The molecule has 0 saturated carbocycles. The van der Waals surface area contributed by atoms with E-state index in [1.54, 1.807) is 36.1 Å². The van der Waals surface area contributed by atoms with E-state index >= 15 is 0 Å². The first-order chi connectivity index (χ1) is 12.0. The topological polar surface area (TPSA) is 99.5 Å². The van der Waals surface area contributed by atoms with Crippen molar-refractivity contribution in [1.82, 2.24) is 9.88 Å². The van der Waals surface area contributed by atoms with Crippen molar-refractivity contribution in [1.29, 1.82) is 0 Å². The molecule has 0 spiro atoms. The van der Waals surface area contributed by atoms with Crippen LogP contribution in [0.15, 0.2) is 41.2 Å². The van der Waals surface area contributed by atoms with E-state index < -0.39 is 10.5 Å². The minimum absolute atomic E-state index is 0.0530. The molecule has 2 aromatic rings. The molecule has 1 aliphatic rings. The van der Waals surface area contributed by atoms with Crippen molar-refractivity contribution >= 4 is 17.3 Å². The number of benzene rings is 1. The number of pyridine rings is 1. The molecule has 1 N–H and O–H groups in total. The van der Waals surface area contributed by atoms with Crippen molar-refractivity contribution in [3.8, 4) is 0 Å². The highest BCUT2D eigenvalue weighted by atomic mass is 16.6. The van der Waals surface area contributed by atoms with E-state index in [1.165, 1.54) is 12.1 Å². The Morgan fingerprint density at radius 1 is 1.12 bits per heavy atom. The van der Waals surface area contributed by atoms with Gasteiger partial charge in [0.15, 0.2) is 0 Å². The summed E-state index contributed by atoms with van der Waals surface area (Å²) in [4.78, 5) is 41.3. The van der Waals surface area contributed by atoms with Gasteiger partial charge in [0, 0.05) is 37.9 Å². The number of hydrogen-bond acceptors (Lipinski definition) is 5. The maximum Gasteiger partial charge on any atom is 0.292 e. The smallest absolute Gasteiger partial charge is 0.292 e. The fourth-order valence-corrected chi connectivity index (χ4v) is 2.95. The first-order valence-electron chi connectivity index (χ1n) is 7.95. The van der Waals surface area contributed by atoms with E-state index in [0.717, 1.165) is 0 Å². The van der Waals surface area contributed by atoms with Crippen LogP contribution < -0.4 is 10.5 Å². The van der Waals surface area contributed by atoms with Crippen LogP contribution in [-0.2, 0) is 0 Å². The van der Waals surface area contributed by atoms with Crippen molar-refractivity contribution in [3.63, 3.8) is 0 Å². The third-order valence-corrected chi connectivity index (χ3v) is 4.27. The summed E-state index contributed by atoms with van der Waals surface area (Å²) in [5, 5.41) is 11.2. The van der Waals surface area contributed by atoms with Crippen molar-refractivity contribution < 1.29 is 9.72 Å². The van der Waals surface area contributed by atoms with Crippen molar-refractivity contribution in [2.45, 2.75) is 6.92 Å². The van der Waals surface area contributed by atoms with Gasteiger partial charge in [0.25, 0.3) is 17.2 Å². The SMILES string of the molecule is Cc1ccc(C(=O)N2CCN(c3ccccc3[N+](=O)[O-])CC2)c(=O)[nH]1. The normalized spacial score (nSPS) is 14.4. The first-order valence-corrected chi connectivity index (χ1v) is 7.95. The average Bonchev–Trinajstić information content (AvgIpc) is 2.61. The molecule has 1 saturated heterocycles. The Balaban J connectivity index is 1.73. The largest absolute Gasteiger partial charge is 0.362 e. The molecule has 0 aliphatic carbocycles. The Hall–Kier alpha value is -3.16. The number of hydrogen-bond donors (Lipinski definition) is 1. The number of aromatic amines is 1. The number of nitro groups is 1. The highest BCUT2D eigenvalue weighted by Gasteiger charge is 2.26. The molecule has 1 aromatic carbocycles. The van der Waals surface area contributed by atoms with Crippen LogP contribution >= 0.6 is 0 Å². The maximum atomic E-state index is 12.5. The molecule has 0 atom stereocenters. The summed E-state index contributed by atoms with van der Waals surface area (Å²) in [6, 6.07) is 9.79. The van der Waals surface area contributed by atoms with Gasteiger partial charge >= 0.3 is 0 Å². The number of rotatable bonds is 3. The molecule has 8 nitrogen and oxygen atoms in total. The summed E-state index contributed by atoms with van der Waals surface area (Å²) in [6.45, 7) is 3.50. The third-order valence-electron chi connectivity index (χ3n) is 4.27. The predicted octanol–water partition coefficient (Wildman–Crippen LogP) is 1.55. The fourth-order valence-electron chi connectivity index (χ4n) is 2.95. The molecular weight excluding hydrogens is 324 g/mol. The van der Waals surface area contributed by atoms with Crippen LogP contribution in [-0.4, -0.2) is 46.9 Å². The molecule has 3 rings (SSSR count). The number of carbonyl (C=O) groups is 1. The molecule has 8 heteroatoms. The van der Waals surface area contributed by atoms with Crippen molar-refractivity contribution in [3.05, 3.63) is 68.1 Å². The highest BCUT2D eigenvalue weighted by molar-refractivity contribution is 5.94. The number of carbonyl (C=O) groups excluding carboxylic acids is 1. The van der Waals surface area contributed by atoms with Gasteiger partial charge < -0.3 is 14.8 Å². The number of para-hydroxylation sites is 2. The lowest BCUT2D eigenvalue weighted by Gasteiger charge is -2.35. The van der Waals surface area contributed by atoms with E-state index in [-0.39, 0.29) is 17.2 Å². The van der Waals surface area contributed by atoms with E-state index in [1.807, 2.05) is 4.90 Å². The quantitative estimate of drug-likeness (QED) is 0.674. The molecule has 2 heterocycles. The second-order valence-corrected chi connectivity index (χ2v) is 5.91. The van der Waals surface area contributed by atoms with Crippen LogP contribution in [0.25, 0.3) is 0 Å². The summed E-state index contributed by atoms with van der Waals surface area (Å²) in [6.07, 6.45) is 0. The second-order valence-electron chi connectivity index (χ2n) is 5.91. The summed E-state index contributed by atoms with van der Waals surface area (Å²) in [5.41, 5.74) is 1.02. The maximum absolute atomic E-state index is 12.5. The lowest BCUT2D eigenvalue weighted by atomic mass is 10.2. The summed E-state index contributed by atoms with van der Waals surface area (Å²) >= 11 is 0. The number of nitrogens with one attached hydrogen (secondary N) is 1. The van der Waals surface area contributed by atoms with Crippen LogP contribution in [0.2, 0.25) is 0 Å². The Morgan fingerprint density at radius 3 is 2.44 bits per heavy atom. The molecule has 0 radical (unpaired) electrons. The molecule has 1 fully saturated rings. The van der Waals surface area contributed by atoms with Gasteiger partial charge in [-0.1, -0.05) is 12.1 Å². The summed E-state index contributed by atoms with van der Waals surface area (Å²) in [5.74, 6) is -0.316. The van der Waals surface area contributed by atoms with Gasteiger partial charge in [0.05, 0.1) is 4.92 Å². The Bertz CT molecular complexity index is 869. The highest BCUT2D eigenvalue weighted by Crippen LogP contribution is 2.28. The molecule has 130 valence electrons. The molecular formula is C17H18N4O4. The van der Waals surface area contributed by atoms with Crippen LogP contribution in [0.1, 0.15) is 16.1 Å². The lowest BCUT2D eigenvalue weighted by Crippen LogP contribution is -2.49. The zero-order valence-electron chi connectivity index (χ0n) is 13.8. The van der Waals surface area contributed by atoms with Crippen LogP contribution in [0.3, 0.4) is 0 Å². The number of piperazine rings is 1. The number of nitro benzene ring substituents is 1. The summed E-state index contributed by atoms with van der Waals surface area (Å²) < 4.78 is 0. The third kappa shape index (κ3) is 3.37. The lowest BCUT2D eigenvalue weighted by molar-refractivity contribution is -0.384. The molecule has 0 bridgehead atoms. The minimum atomic E-state index is -0.404. The number of amides is 1. The first kappa shape index (κ1) is 16.7. The van der Waals surface area contributed by atoms with E-state index in [4.69, 9.17) is 0 Å². The number of aromatic nitrogens is 1. The van der Waals surface area contributed by atoms with Gasteiger partial charge in [-0.05, 0) is 25.1 Å². The van der Waals surface area contributed by atoms with Gasteiger partial charge in [-0.25, -0.2) is 0 Å². The van der Waals surface area contributed by atoms with E-state index in [0.29, 0.717) is 37.6 Å². The van der Waals surface area contributed by atoms with Crippen LogP contribution in [0, 0.1) is 17.0 Å². The van der Waals surface area contributed by atoms with Gasteiger partial charge in [0.1, 0.15) is 11.3 Å². The van der Waals surface area contributed by atoms with Gasteiger partial charge in [0.2, 0.25) is 0 Å². The van der Waals surface area contributed by atoms with Crippen LogP contribution in [0.5, 0.6) is 0 Å². The zero-order chi connectivity index (χ0) is 18.0. The number of H-pyrrole nitrogens is 1. The monoisotopic (exact) mass is 342 g/mol. The average molecular weight is 342 g/mol. The van der Waals surface area contributed by atoms with Gasteiger partial charge in [-0.2, -0.15) is 0 Å². The van der Waals surface area contributed by atoms with E-state index in [9.17, 15) is 19.7 Å². The van der Waals surface area contributed by atoms with Gasteiger partial charge in [-0.15, -0.1) is 0 Å². The fraction of sp³-hybridized carbons (Fsp3) is 0.294. The zero-order valence-corrected chi connectivity index (χ0v) is 13.8. The van der Waals surface area contributed by atoms with E-state index in [2.05, 4.69) is 4.98 Å². The number of aryl methyl sites for hydroxylation is 1. The Kier molecular flexibility index (Phi) is 4.51. The van der Waals surface area contributed by atoms with Crippen LogP contribution in [0.4, 0.5) is 11.4 Å². The second kappa shape index (κ2) is 6.76.